The Morgan fingerprint density at radius 3 is 2.58 bits per heavy atom. The van der Waals surface area contributed by atoms with E-state index >= 15 is 0 Å². The van der Waals surface area contributed by atoms with Crippen LogP contribution in [0.3, 0.4) is 0 Å². The molecule has 1 fully saturated rings. The Labute approximate surface area is 188 Å². The molecule has 4 rings (SSSR count). The Hall–Kier alpha value is -2.44. The van der Waals surface area contributed by atoms with Crippen molar-refractivity contribution in [2.45, 2.75) is 78.2 Å². The zero-order chi connectivity index (χ0) is 22.4. The second-order valence-electron chi connectivity index (χ2n) is 10.3. The minimum Gasteiger partial charge on any atom is -0.373 e. The summed E-state index contributed by atoms with van der Waals surface area (Å²) in [7, 11) is 2.16. The second-order valence-corrected chi connectivity index (χ2v) is 10.3. The van der Waals surface area contributed by atoms with E-state index in [1.54, 1.807) is 0 Å². The van der Waals surface area contributed by atoms with Gasteiger partial charge in [0.2, 0.25) is 0 Å². The van der Waals surface area contributed by atoms with Gasteiger partial charge in [-0.25, -0.2) is 0 Å². The number of hydrogen-bond donors (Lipinski definition) is 1. The summed E-state index contributed by atoms with van der Waals surface area (Å²) in [4.78, 5) is 0. The van der Waals surface area contributed by atoms with E-state index in [0.717, 1.165) is 12.1 Å². The lowest BCUT2D eigenvalue weighted by molar-refractivity contribution is 0.0901. The molecule has 2 heteroatoms. The van der Waals surface area contributed by atoms with E-state index in [1.807, 2.05) is 6.92 Å². The molecule has 164 valence electrons. The van der Waals surface area contributed by atoms with Crippen molar-refractivity contribution in [3.63, 3.8) is 0 Å². The molecule has 1 heterocycles. The summed E-state index contributed by atoms with van der Waals surface area (Å²) in [5.41, 5.74) is 10.0. The Balaban J connectivity index is 1.76. The van der Waals surface area contributed by atoms with Crippen LogP contribution in [-0.2, 0) is 7.05 Å². The largest absolute Gasteiger partial charge is 0.373 e. The van der Waals surface area contributed by atoms with Gasteiger partial charge in [0.25, 0.3) is 0 Å². The lowest BCUT2D eigenvalue weighted by Gasteiger charge is -2.47. The third-order valence-electron chi connectivity index (χ3n) is 7.93. The van der Waals surface area contributed by atoms with E-state index in [9.17, 15) is 0 Å². The van der Waals surface area contributed by atoms with Gasteiger partial charge in [-0.05, 0) is 68.6 Å². The Kier molecular flexibility index (Phi) is 5.56. The van der Waals surface area contributed by atoms with Crippen molar-refractivity contribution in [3.05, 3.63) is 64.1 Å². The summed E-state index contributed by atoms with van der Waals surface area (Å²) in [5.74, 6) is 0.709. The molecular formula is C29H38N2. The van der Waals surface area contributed by atoms with Crippen LogP contribution in [-0.4, -0.2) is 10.1 Å². The number of nitrogens with zero attached hydrogens (tertiary/aromatic N) is 1. The topological polar surface area (TPSA) is 17.0 Å². The number of rotatable bonds is 6. The van der Waals surface area contributed by atoms with Crippen LogP contribution in [0.2, 0.25) is 0 Å². The molecule has 31 heavy (non-hydrogen) atoms. The molecule has 1 saturated carbocycles. The van der Waals surface area contributed by atoms with Gasteiger partial charge in [0.05, 0.1) is 11.2 Å². The van der Waals surface area contributed by atoms with Crippen molar-refractivity contribution in [1.82, 2.24) is 9.88 Å². The highest BCUT2D eigenvalue weighted by atomic mass is 15.0. The van der Waals surface area contributed by atoms with Crippen LogP contribution in [0.1, 0.15) is 76.8 Å². The number of aromatic nitrogens is 1. The third-order valence-corrected chi connectivity index (χ3v) is 7.93. The maximum atomic E-state index is 3.79. The predicted octanol–water partition coefficient (Wildman–Crippen LogP) is 5.69. The first-order valence-electron chi connectivity index (χ1n) is 11.9. The average Bonchev–Trinajstić information content (AvgIpc) is 3.02. The first-order chi connectivity index (χ1) is 14.7. The smallest absolute Gasteiger partial charge is 0.0575 e. The van der Waals surface area contributed by atoms with Crippen LogP contribution in [0.5, 0.6) is 0 Å². The van der Waals surface area contributed by atoms with E-state index in [0.29, 0.717) is 11.3 Å². The third kappa shape index (κ3) is 3.94. The minimum atomic E-state index is -0.125. The van der Waals surface area contributed by atoms with Gasteiger partial charge in [-0.2, -0.15) is 0 Å². The molecule has 1 aromatic carbocycles. The molecule has 0 spiro atoms. The quantitative estimate of drug-likeness (QED) is 0.601. The predicted molar refractivity (Wildman–Crippen MR) is 133 cm³/mol. The SMILES string of the molecule is C=C=C(C)NC1(C)C=c2c(-c3cc(C)cc(C4CC(CC)(CC)C4)c3)cn(C)c2=CC1. The van der Waals surface area contributed by atoms with Crippen LogP contribution in [0.15, 0.2) is 42.4 Å². The van der Waals surface area contributed by atoms with Crippen molar-refractivity contribution in [2.24, 2.45) is 12.5 Å². The van der Waals surface area contributed by atoms with Crippen molar-refractivity contribution < 1.29 is 0 Å². The summed E-state index contributed by atoms with van der Waals surface area (Å²) >= 11 is 0. The van der Waals surface area contributed by atoms with Crippen LogP contribution in [0.4, 0.5) is 0 Å². The summed E-state index contributed by atoms with van der Waals surface area (Å²) in [6.45, 7) is 15.0. The number of fused-ring (bicyclic) bond motifs is 1. The monoisotopic (exact) mass is 414 g/mol. The number of hydrogen-bond acceptors (Lipinski definition) is 1. The highest BCUT2D eigenvalue weighted by molar-refractivity contribution is 5.69. The van der Waals surface area contributed by atoms with E-state index < -0.39 is 0 Å². The van der Waals surface area contributed by atoms with Crippen LogP contribution in [0, 0.1) is 12.3 Å². The van der Waals surface area contributed by atoms with E-state index in [2.05, 4.69) is 93.5 Å². The first kappa shape index (κ1) is 21.8. The summed E-state index contributed by atoms with van der Waals surface area (Å²) in [6, 6.07) is 7.23. The maximum absolute atomic E-state index is 3.79. The van der Waals surface area contributed by atoms with E-state index in [-0.39, 0.29) is 5.54 Å². The molecule has 0 bridgehead atoms. The van der Waals surface area contributed by atoms with Crippen molar-refractivity contribution in [2.75, 3.05) is 0 Å². The molecular weight excluding hydrogens is 376 g/mol. The molecule has 2 aliphatic carbocycles. The van der Waals surface area contributed by atoms with Gasteiger partial charge in [-0.15, -0.1) is 5.73 Å². The molecule has 0 aliphatic heterocycles. The Morgan fingerprint density at radius 2 is 1.94 bits per heavy atom. The van der Waals surface area contributed by atoms with Gasteiger partial charge in [-0.1, -0.05) is 63.1 Å². The zero-order valence-corrected chi connectivity index (χ0v) is 20.2. The number of benzene rings is 1. The Bertz CT molecular complexity index is 1160. The van der Waals surface area contributed by atoms with Gasteiger partial charge in [0.1, 0.15) is 0 Å². The molecule has 2 aliphatic rings. The average molecular weight is 415 g/mol. The maximum Gasteiger partial charge on any atom is 0.0575 e. The van der Waals surface area contributed by atoms with Crippen LogP contribution < -0.4 is 15.9 Å². The summed E-state index contributed by atoms with van der Waals surface area (Å²) in [5, 5.41) is 6.25. The molecule has 2 aromatic rings. The second kappa shape index (κ2) is 7.92. The summed E-state index contributed by atoms with van der Waals surface area (Å²) < 4.78 is 2.28. The fourth-order valence-corrected chi connectivity index (χ4v) is 5.79. The number of aryl methyl sites for hydroxylation is 2. The van der Waals surface area contributed by atoms with Gasteiger partial charge in [0, 0.05) is 29.4 Å². The van der Waals surface area contributed by atoms with Crippen LogP contribution >= 0.6 is 0 Å². The molecule has 1 N–H and O–H groups in total. The Morgan fingerprint density at radius 1 is 1.23 bits per heavy atom. The number of allylic oxidation sites excluding steroid dienone is 1. The summed E-state index contributed by atoms with van der Waals surface area (Å²) in [6.07, 6.45) is 13.3. The highest BCUT2D eigenvalue weighted by Crippen LogP contribution is 2.55. The molecule has 0 radical (unpaired) electrons. The highest BCUT2D eigenvalue weighted by Gasteiger charge is 2.41. The fraction of sp³-hybridized carbons (Fsp3) is 0.483. The molecule has 0 amide bonds. The first-order valence-corrected chi connectivity index (χ1v) is 11.9. The van der Waals surface area contributed by atoms with E-state index in [4.69, 9.17) is 0 Å². The molecule has 1 unspecified atom stereocenters. The standard InChI is InChI=1S/C29H38N2/c1-8-21(5)30-28(6)12-11-27-25(18-28)26(19-31(27)7)23-14-20(4)13-22(15-23)24-16-29(9-2,10-3)17-24/h11,13-15,18-19,24,30H,1,9-10,12,16-17H2,2-7H3. The lowest BCUT2D eigenvalue weighted by atomic mass is 9.57. The van der Waals surface area contributed by atoms with Gasteiger partial charge >= 0.3 is 0 Å². The fourth-order valence-electron chi connectivity index (χ4n) is 5.79. The molecule has 2 nitrogen and oxygen atoms in total. The molecule has 1 aromatic heterocycles. The molecule has 0 saturated heterocycles. The van der Waals surface area contributed by atoms with Crippen LogP contribution in [0.25, 0.3) is 23.3 Å². The van der Waals surface area contributed by atoms with Crippen molar-refractivity contribution in [3.8, 4) is 11.1 Å². The van der Waals surface area contributed by atoms with Crippen molar-refractivity contribution >= 4 is 12.2 Å². The van der Waals surface area contributed by atoms with E-state index in [1.165, 1.54) is 58.5 Å². The minimum absolute atomic E-state index is 0.125. The van der Waals surface area contributed by atoms with Crippen molar-refractivity contribution in [1.29, 1.82) is 0 Å². The van der Waals surface area contributed by atoms with Gasteiger partial charge in [0.15, 0.2) is 0 Å². The van der Waals surface area contributed by atoms with Gasteiger partial charge < -0.3 is 9.88 Å². The lowest BCUT2D eigenvalue weighted by Crippen LogP contribution is -2.46. The normalized spacial score (nSPS) is 21.9. The zero-order valence-electron chi connectivity index (χ0n) is 20.2. The molecule has 1 atom stereocenters. The van der Waals surface area contributed by atoms with Gasteiger partial charge in [-0.3, -0.25) is 0 Å². The number of nitrogens with one attached hydrogen (secondary N) is 1.